The van der Waals surface area contributed by atoms with Gasteiger partial charge in [0.05, 0.1) is 6.61 Å². The number of aliphatic hydroxyl groups excluding tert-OH is 1. The Kier molecular flexibility index (Phi) is 7.28. The molecule has 0 spiro atoms. The Hall–Kier alpha value is -1.54. The molecule has 7 N–H and O–H groups in total. The molecule has 0 amide bonds. The molecule has 174 valence electrons. The van der Waals surface area contributed by atoms with Gasteiger partial charge in [0.15, 0.2) is 6.23 Å². The number of hydrogen-bond acceptors (Lipinski definition) is 12. The maximum atomic E-state index is 11.9. The fourth-order valence-corrected chi connectivity index (χ4v) is 5.33. The van der Waals surface area contributed by atoms with Gasteiger partial charge in [-0.3, -0.25) is 14.3 Å². The minimum atomic E-state index is -5.79. The largest absolute Gasteiger partial charge is 0.490 e. The first kappa shape index (κ1) is 25.7. The van der Waals surface area contributed by atoms with Gasteiger partial charge in [-0.15, -0.1) is 6.42 Å². The molecule has 0 radical (unpaired) electrons. The summed E-state index contributed by atoms with van der Waals surface area (Å²) in [4.78, 5) is 60.2. The zero-order valence-corrected chi connectivity index (χ0v) is 17.4. The molecule has 1 aromatic rings. The third-order valence-corrected chi connectivity index (χ3v) is 7.29. The van der Waals surface area contributed by atoms with Crippen molar-refractivity contribution >= 4 is 23.5 Å². The topological polar surface area (TPSA) is 277 Å². The molecule has 0 aliphatic carbocycles. The quantitative estimate of drug-likeness (QED) is 0.135. The fourth-order valence-electron chi connectivity index (χ4n) is 2.30. The molecule has 1 saturated heterocycles. The normalized spacial score (nSPS) is 30.3. The van der Waals surface area contributed by atoms with E-state index in [1.165, 1.54) is 0 Å². The third kappa shape index (κ3) is 6.25. The van der Waals surface area contributed by atoms with E-state index in [-0.39, 0.29) is 0 Å². The smallest absolute Gasteiger partial charge is 0.386 e. The number of aromatic amines is 1. The van der Waals surface area contributed by atoms with Crippen LogP contribution in [-0.2, 0) is 31.6 Å². The summed E-state index contributed by atoms with van der Waals surface area (Å²) in [5, 5.41) is 24.1. The summed E-state index contributed by atoms with van der Waals surface area (Å²) in [6, 6.07) is 0. The van der Waals surface area contributed by atoms with Crippen molar-refractivity contribution in [2.75, 3.05) is 6.61 Å². The van der Waals surface area contributed by atoms with Gasteiger partial charge in [0, 0.05) is 0 Å². The van der Waals surface area contributed by atoms with E-state index in [9.17, 15) is 38.4 Å². The van der Waals surface area contributed by atoms with E-state index in [0.717, 1.165) is 0 Å². The number of nitrogens with one attached hydrogen (secondary N) is 1. The van der Waals surface area contributed by atoms with E-state index >= 15 is 0 Å². The number of terminal acetylenes is 1. The Morgan fingerprint density at radius 2 is 1.84 bits per heavy atom. The second-order valence-electron chi connectivity index (χ2n) is 5.71. The van der Waals surface area contributed by atoms with Crippen LogP contribution < -0.4 is 11.2 Å². The van der Waals surface area contributed by atoms with Gasteiger partial charge in [0.1, 0.15) is 18.4 Å². The van der Waals surface area contributed by atoms with Gasteiger partial charge in [-0.1, -0.05) is 5.92 Å². The number of nitrogens with zero attached hydrogens (tertiary/aromatic N) is 2. The van der Waals surface area contributed by atoms with Crippen LogP contribution in [0.1, 0.15) is 6.23 Å². The average Bonchev–Trinajstić information content (AvgIpc) is 2.82. The summed E-state index contributed by atoms with van der Waals surface area (Å²) < 4.78 is 50.4. The van der Waals surface area contributed by atoms with Crippen molar-refractivity contribution in [3.8, 4) is 12.3 Å². The molecule has 1 aromatic heterocycles. The fraction of sp³-hybridized carbons (Fsp3) is 0.500. The summed E-state index contributed by atoms with van der Waals surface area (Å²) in [5.74, 6) is 1.75. The second-order valence-corrected chi connectivity index (χ2v) is 10.1. The Labute approximate surface area is 170 Å². The van der Waals surface area contributed by atoms with E-state index < -0.39 is 65.4 Å². The van der Waals surface area contributed by atoms with Crippen molar-refractivity contribution in [1.82, 2.24) is 14.8 Å². The molecule has 21 heteroatoms. The summed E-state index contributed by atoms with van der Waals surface area (Å²) in [6.45, 7) is -1.18. The third-order valence-electron chi connectivity index (χ3n) is 3.49. The lowest BCUT2D eigenvalue weighted by Gasteiger charge is -2.25. The molecular weight excluding hydrogens is 495 g/mol. The van der Waals surface area contributed by atoms with Crippen molar-refractivity contribution in [3.63, 3.8) is 0 Å². The van der Waals surface area contributed by atoms with Crippen LogP contribution in [0.25, 0.3) is 0 Å². The number of phosphoric acid groups is 3. The van der Waals surface area contributed by atoms with E-state index in [1.54, 1.807) is 10.9 Å². The van der Waals surface area contributed by atoms with Crippen LogP contribution in [0.4, 0.5) is 0 Å². The Morgan fingerprint density at radius 3 is 2.35 bits per heavy atom. The highest BCUT2D eigenvalue weighted by Gasteiger charge is 2.57. The van der Waals surface area contributed by atoms with E-state index in [4.69, 9.17) is 25.8 Å². The first-order valence-corrected chi connectivity index (χ1v) is 12.0. The lowest BCUT2D eigenvalue weighted by molar-refractivity contribution is -0.0833. The SMILES string of the molecule is C#CC1(O)[C@@H](O)[C@@H](COP(=O)(O)OP(=O)(O)OP(=O)(O)O)O[C@H]1n1ncc(=O)[nH]c1=O. The minimum absolute atomic E-state index is 0.356. The molecule has 6 atom stereocenters. The van der Waals surface area contributed by atoms with Crippen LogP contribution in [0.3, 0.4) is 0 Å². The van der Waals surface area contributed by atoms with Gasteiger partial charge in [-0.05, 0) is 0 Å². The molecule has 0 aromatic carbocycles. The number of aliphatic hydroxyl groups is 2. The highest BCUT2D eigenvalue weighted by molar-refractivity contribution is 7.66. The highest BCUT2D eigenvalue weighted by Crippen LogP contribution is 2.66. The zero-order chi connectivity index (χ0) is 23.8. The lowest BCUT2D eigenvalue weighted by Crippen LogP contribution is -2.49. The zero-order valence-electron chi connectivity index (χ0n) is 14.7. The molecule has 1 fully saturated rings. The average molecular weight is 509 g/mol. The highest BCUT2D eigenvalue weighted by atomic mass is 31.3. The summed E-state index contributed by atoms with van der Waals surface area (Å²) in [7, 11) is -17.0. The van der Waals surface area contributed by atoms with Crippen molar-refractivity contribution < 1.29 is 61.4 Å². The molecule has 2 heterocycles. The van der Waals surface area contributed by atoms with Gasteiger partial charge in [0.2, 0.25) is 5.60 Å². The van der Waals surface area contributed by atoms with Crippen LogP contribution in [-0.4, -0.2) is 69.0 Å². The number of hydrogen-bond donors (Lipinski definition) is 7. The van der Waals surface area contributed by atoms with Crippen molar-refractivity contribution in [2.45, 2.75) is 24.0 Å². The van der Waals surface area contributed by atoms with Gasteiger partial charge in [0.25, 0.3) is 5.56 Å². The molecule has 0 saturated carbocycles. The van der Waals surface area contributed by atoms with E-state index in [2.05, 4.69) is 18.2 Å². The van der Waals surface area contributed by atoms with Crippen LogP contribution in [0, 0.1) is 12.3 Å². The molecule has 2 rings (SSSR count). The van der Waals surface area contributed by atoms with E-state index in [1.807, 2.05) is 0 Å². The maximum Gasteiger partial charge on any atom is 0.490 e. The van der Waals surface area contributed by atoms with Crippen molar-refractivity contribution in [3.05, 3.63) is 27.0 Å². The van der Waals surface area contributed by atoms with Crippen LogP contribution in [0.2, 0.25) is 0 Å². The Morgan fingerprint density at radius 1 is 1.23 bits per heavy atom. The lowest BCUT2D eigenvalue weighted by atomic mass is 9.95. The molecule has 1 aliphatic heterocycles. The number of H-pyrrole nitrogens is 1. The maximum absolute atomic E-state index is 11.9. The molecule has 0 bridgehead atoms. The van der Waals surface area contributed by atoms with Gasteiger partial charge >= 0.3 is 29.2 Å². The van der Waals surface area contributed by atoms with Gasteiger partial charge < -0.3 is 34.5 Å². The first-order valence-electron chi connectivity index (χ1n) is 7.50. The number of rotatable bonds is 8. The van der Waals surface area contributed by atoms with E-state index in [0.29, 0.717) is 10.9 Å². The minimum Gasteiger partial charge on any atom is -0.386 e. The Bertz CT molecular complexity index is 1130. The number of aromatic nitrogens is 3. The first-order chi connectivity index (χ1) is 14.0. The summed E-state index contributed by atoms with van der Waals surface area (Å²) >= 11 is 0. The summed E-state index contributed by atoms with van der Waals surface area (Å²) in [5.41, 5.74) is -4.78. The predicted molar refractivity (Wildman–Crippen MR) is 92.6 cm³/mol. The molecule has 1 aliphatic rings. The van der Waals surface area contributed by atoms with Gasteiger partial charge in [-0.2, -0.15) is 18.4 Å². The number of phosphoric ester groups is 1. The second kappa shape index (κ2) is 8.77. The van der Waals surface area contributed by atoms with Crippen LogP contribution >= 0.6 is 23.5 Å². The monoisotopic (exact) mass is 509 g/mol. The van der Waals surface area contributed by atoms with Crippen molar-refractivity contribution in [2.24, 2.45) is 0 Å². The van der Waals surface area contributed by atoms with Crippen molar-refractivity contribution in [1.29, 1.82) is 0 Å². The predicted octanol–water partition coefficient (Wildman–Crippen LogP) is -3.10. The molecule has 3 unspecified atom stereocenters. The standard InChI is InChI=1S/C10H14N3O15P3/c1-2-10(17)7(15)5(26-8(10)13-9(16)12-6(14)3-11-13)4-25-30(21,22)28-31(23,24)27-29(18,19)20/h1,3,5,7-8,15,17H,4H2,(H,21,22)(H,23,24)(H,12,14,16)(H2,18,19,20)/t5-,7+,8-,10?/m1/s1. The number of ether oxygens (including phenoxy) is 1. The van der Waals surface area contributed by atoms with Crippen LogP contribution in [0.15, 0.2) is 15.8 Å². The molecular formula is C10H14N3O15P3. The summed E-state index contributed by atoms with van der Waals surface area (Å²) in [6.07, 6.45) is -0.0213. The van der Waals surface area contributed by atoms with Crippen LogP contribution in [0.5, 0.6) is 0 Å². The molecule has 18 nitrogen and oxygen atoms in total. The van der Waals surface area contributed by atoms with Gasteiger partial charge in [-0.25, -0.2) is 18.5 Å². The Balaban J connectivity index is 2.19. The molecule has 31 heavy (non-hydrogen) atoms.